The normalized spacial score (nSPS) is 9.74. The molecule has 2 rings (SSSR count). The maximum atomic E-state index is 13.0. The van der Waals surface area contributed by atoms with Crippen molar-refractivity contribution in [1.29, 1.82) is 5.26 Å². The van der Waals surface area contributed by atoms with Gasteiger partial charge in [-0.2, -0.15) is 9.65 Å². The summed E-state index contributed by atoms with van der Waals surface area (Å²) in [5, 5.41) is 12.0. The first kappa shape index (κ1) is 12.8. The number of pyridine rings is 1. The Bertz CT molecular complexity index is 605. The Morgan fingerprint density at radius 3 is 2.63 bits per heavy atom. The summed E-state index contributed by atoms with van der Waals surface area (Å²) < 4.78 is 18.1. The zero-order valence-electron chi connectivity index (χ0n) is 10.4. The Morgan fingerprint density at radius 2 is 2.00 bits per heavy atom. The van der Waals surface area contributed by atoms with Crippen molar-refractivity contribution in [2.24, 2.45) is 0 Å². The highest BCUT2D eigenvalue weighted by atomic mass is 19.1. The molecule has 0 unspecified atom stereocenters. The quantitative estimate of drug-likeness (QED) is 0.855. The molecule has 0 atom stereocenters. The van der Waals surface area contributed by atoms with E-state index in [9.17, 15) is 4.39 Å². The molecule has 0 saturated carbocycles. The van der Waals surface area contributed by atoms with Gasteiger partial charge in [-0.05, 0) is 36.4 Å². The molecule has 0 aliphatic carbocycles. The first-order chi connectivity index (χ1) is 9.22. The van der Waals surface area contributed by atoms with Crippen molar-refractivity contribution in [1.82, 2.24) is 4.98 Å². The van der Waals surface area contributed by atoms with Crippen LogP contribution in [0.25, 0.3) is 0 Å². The number of rotatable bonds is 4. The summed E-state index contributed by atoms with van der Waals surface area (Å²) in [6.07, 6.45) is 0. The Balaban J connectivity index is 2.09. The SMILES string of the molecule is COc1ccc(NCc2nc(F)ccc2C#N)cc1. The molecule has 0 saturated heterocycles. The van der Waals surface area contributed by atoms with E-state index in [2.05, 4.69) is 10.3 Å². The van der Waals surface area contributed by atoms with Gasteiger partial charge in [-0.15, -0.1) is 0 Å². The van der Waals surface area contributed by atoms with Crippen molar-refractivity contribution >= 4 is 5.69 Å². The third kappa shape index (κ3) is 3.19. The van der Waals surface area contributed by atoms with Crippen LogP contribution in [0.5, 0.6) is 5.75 Å². The van der Waals surface area contributed by atoms with Crippen LogP contribution in [0.1, 0.15) is 11.3 Å². The zero-order valence-corrected chi connectivity index (χ0v) is 10.4. The molecule has 0 fully saturated rings. The van der Waals surface area contributed by atoms with Gasteiger partial charge in [-0.25, -0.2) is 4.98 Å². The molecule has 2 aromatic rings. The van der Waals surface area contributed by atoms with Gasteiger partial charge < -0.3 is 10.1 Å². The van der Waals surface area contributed by atoms with Gasteiger partial charge in [-0.3, -0.25) is 0 Å². The maximum absolute atomic E-state index is 13.0. The summed E-state index contributed by atoms with van der Waals surface area (Å²) >= 11 is 0. The van der Waals surface area contributed by atoms with Crippen molar-refractivity contribution in [3.8, 4) is 11.8 Å². The first-order valence-electron chi connectivity index (χ1n) is 5.66. The van der Waals surface area contributed by atoms with Gasteiger partial charge in [0, 0.05) is 5.69 Å². The molecule has 96 valence electrons. The molecule has 1 N–H and O–H groups in total. The first-order valence-corrected chi connectivity index (χ1v) is 5.66. The van der Waals surface area contributed by atoms with Crippen molar-refractivity contribution in [2.75, 3.05) is 12.4 Å². The fourth-order valence-electron chi connectivity index (χ4n) is 1.61. The third-order valence-corrected chi connectivity index (χ3v) is 2.61. The van der Waals surface area contributed by atoms with E-state index in [1.165, 1.54) is 12.1 Å². The Hall–Kier alpha value is -2.61. The highest BCUT2D eigenvalue weighted by Crippen LogP contribution is 2.16. The molecule has 0 radical (unpaired) electrons. The number of nitrogens with zero attached hydrogens (tertiary/aromatic N) is 2. The van der Waals surface area contributed by atoms with Gasteiger partial charge in [0.05, 0.1) is 24.9 Å². The van der Waals surface area contributed by atoms with E-state index >= 15 is 0 Å². The summed E-state index contributed by atoms with van der Waals surface area (Å²) in [7, 11) is 1.60. The number of ether oxygens (including phenoxy) is 1. The molecule has 0 spiro atoms. The molecule has 1 heterocycles. The predicted octanol–water partition coefficient (Wildman–Crippen LogP) is 2.71. The summed E-state index contributed by atoms with van der Waals surface area (Å²) in [5.74, 6) is 0.165. The summed E-state index contributed by atoms with van der Waals surface area (Å²) in [4.78, 5) is 3.72. The maximum Gasteiger partial charge on any atom is 0.213 e. The number of hydrogen-bond acceptors (Lipinski definition) is 4. The Morgan fingerprint density at radius 1 is 1.26 bits per heavy atom. The average molecular weight is 257 g/mol. The van der Waals surface area contributed by atoms with Gasteiger partial charge in [0.2, 0.25) is 5.95 Å². The number of halogens is 1. The lowest BCUT2D eigenvalue weighted by atomic mass is 10.2. The third-order valence-electron chi connectivity index (χ3n) is 2.61. The van der Waals surface area contributed by atoms with Crippen LogP contribution in [0.3, 0.4) is 0 Å². The molecular weight excluding hydrogens is 245 g/mol. The number of nitriles is 1. The second-order valence-corrected chi connectivity index (χ2v) is 3.82. The van der Waals surface area contributed by atoms with Crippen LogP contribution >= 0.6 is 0 Å². The number of anilines is 1. The highest BCUT2D eigenvalue weighted by Gasteiger charge is 2.05. The predicted molar refractivity (Wildman–Crippen MR) is 69.2 cm³/mol. The van der Waals surface area contributed by atoms with Crippen molar-refractivity contribution in [3.05, 3.63) is 53.6 Å². The minimum atomic E-state index is -0.592. The minimum Gasteiger partial charge on any atom is -0.497 e. The average Bonchev–Trinajstić information content (AvgIpc) is 2.46. The van der Waals surface area contributed by atoms with E-state index in [1.54, 1.807) is 7.11 Å². The lowest BCUT2D eigenvalue weighted by Gasteiger charge is -2.08. The van der Waals surface area contributed by atoms with Crippen molar-refractivity contribution in [3.63, 3.8) is 0 Å². The smallest absolute Gasteiger partial charge is 0.213 e. The van der Waals surface area contributed by atoms with E-state index < -0.39 is 5.95 Å². The number of benzene rings is 1. The molecule has 0 aliphatic heterocycles. The molecule has 1 aromatic carbocycles. The second kappa shape index (κ2) is 5.83. The number of nitrogens with one attached hydrogen (secondary N) is 1. The largest absolute Gasteiger partial charge is 0.497 e. The fourth-order valence-corrected chi connectivity index (χ4v) is 1.61. The molecule has 1 aromatic heterocycles. The second-order valence-electron chi connectivity index (χ2n) is 3.82. The van der Waals surface area contributed by atoms with Crippen LogP contribution in [0.15, 0.2) is 36.4 Å². The standard InChI is InChI=1S/C14H12FN3O/c1-19-12-5-3-11(4-6-12)17-9-13-10(8-16)2-7-14(15)18-13/h2-7,17H,9H2,1H3. The summed E-state index contributed by atoms with van der Waals surface area (Å²) in [6.45, 7) is 0.285. The van der Waals surface area contributed by atoms with E-state index in [0.29, 0.717) is 11.3 Å². The number of methoxy groups -OCH3 is 1. The van der Waals surface area contributed by atoms with Crippen molar-refractivity contribution < 1.29 is 9.13 Å². The van der Waals surface area contributed by atoms with Crippen LogP contribution < -0.4 is 10.1 Å². The van der Waals surface area contributed by atoms with Gasteiger partial charge in [0.15, 0.2) is 0 Å². The molecule has 0 bridgehead atoms. The van der Waals surface area contributed by atoms with E-state index in [1.807, 2.05) is 30.3 Å². The lowest BCUT2D eigenvalue weighted by Crippen LogP contribution is -2.05. The summed E-state index contributed by atoms with van der Waals surface area (Å²) in [6, 6.07) is 11.9. The van der Waals surface area contributed by atoms with Crippen LogP contribution in [-0.4, -0.2) is 12.1 Å². The minimum absolute atomic E-state index is 0.285. The molecule has 0 aliphatic rings. The van der Waals surface area contributed by atoms with Gasteiger partial charge in [0.25, 0.3) is 0 Å². The van der Waals surface area contributed by atoms with Gasteiger partial charge in [0.1, 0.15) is 11.8 Å². The van der Waals surface area contributed by atoms with Gasteiger partial charge in [-0.1, -0.05) is 0 Å². The number of aromatic nitrogens is 1. The van der Waals surface area contributed by atoms with Crippen LogP contribution in [-0.2, 0) is 6.54 Å². The lowest BCUT2D eigenvalue weighted by molar-refractivity contribution is 0.415. The van der Waals surface area contributed by atoms with E-state index in [-0.39, 0.29) is 6.54 Å². The fraction of sp³-hybridized carbons (Fsp3) is 0.143. The van der Waals surface area contributed by atoms with Crippen LogP contribution in [0.2, 0.25) is 0 Å². The summed E-state index contributed by atoms with van der Waals surface area (Å²) in [5.41, 5.74) is 1.59. The highest BCUT2D eigenvalue weighted by molar-refractivity contribution is 5.47. The Kier molecular flexibility index (Phi) is 3.94. The zero-order chi connectivity index (χ0) is 13.7. The van der Waals surface area contributed by atoms with Crippen LogP contribution in [0, 0.1) is 17.3 Å². The van der Waals surface area contributed by atoms with Crippen LogP contribution in [0.4, 0.5) is 10.1 Å². The molecule has 5 heteroatoms. The van der Waals surface area contributed by atoms with E-state index in [0.717, 1.165) is 11.4 Å². The van der Waals surface area contributed by atoms with E-state index in [4.69, 9.17) is 10.00 Å². The topological polar surface area (TPSA) is 57.9 Å². The number of hydrogen-bond donors (Lipinski definition) is 1. The Labute approximate surface area is 110 Å². The van der Waals surface area contributed by atoms with Crippen molar-refractivity contribution in [2.45, 2.75) is 6.54 Å². The van der Waals surface area contributed by atoms with Gasteiger partial charge >= 0.3 is 0 Å². The molecule has 19 heavy (non-hydrogen) atoms. The monoisotopic (exact) mass is 257 g/mol. The molecular formula is C14H12FN3O. The molecule has 0 amide bonds. The molecule has 4 nitrogen and oxygen atoms in total.